The zero-order valence-electron chi connectivity index (χ0n) is 12.3. The smallest absolute Gasteiger partial charge is 0.240 e. The zero-order chi connectivity index (χ0) is 14.7. The Hall–Kier alpha value is -1.75. The van der Waals surface area contributed by atoms with Crippen LogP contribution >= 0.6 is 0 Å². The molecule has 4 nitrogen and oxygen atoms in total. The third kappa shape index (κ3) is 3.47. The van der Waals surface area contributed by atoms with Crippen LogP contribution in [-0.2, 0) is 13.0 Å². The van der Waals surface area contributed by atoms with E-state index in [9.17, 15) is 4.39 Å². The lowest BCUT2D eigenvalue weighted by atomic mass is 10.0. The summed E-state index contributed by atoms with van der Waals surface area (Å²) in [6.45, 7) is 3.99. The van der Waals surface area contributed by atoms with Gasteiger partial charge in [-0.15, -0.1) is 0 Å². The molecule has 2 aromatic rings. The minimum Gasteiger partial charge on any atom is -0.338 e. The van der Waals surface area contributed by atoms with E-state index in [0.29, 0.717) is 36.3 Å². The van der Waals surface area contributed by atoms with E-state index in [4.69, 9.17) is 4.52 Å². The highest BCUT2D eigenvalue weighted by molar-refractivity contribution is 5.20. The maximum absolute atomic E-state index is 13.6. The number of hydrogen-bond donors (Lipinski definition) is 0. The third-order valence-electron chi connectivity index (χ3n) is 4.10. The molecule has 0 radical (unpaired) electrons. The molecule has 5 heteroatoms. The average Bonchev–Trinajstić information content (AvgIpc) is 2.91. The molecule has 3 rings (SSSR count). The molecule has 1 fully saturated rings. The molecule has 0 aliphatic carbocycles. The van der Waals surface area contributed by atoms with Gasteiger partial charge in [-0.2, -0.15) is 4.98 Å². The van der Waals surface area contributed by atoms with E-state index < -0.39 is 0 Å². The molecular formula is C16H20FN3O. The van der Waals surface area contributed by atoms with Gasteiger partial charge in [0.15, 0.2) is 5.82 Å². The van der Waals surface area contributed by atoms with Gasteiger partial charge in [0.25, 0.3) is 0 Å². The fourth-order valence-corrected chi connectivity index (χ4v) is 2.80. The molecular weight excluding hydrogens is 269 g/mol. The molecule has 112 valence electrons. The average molecular weight is 289 g/mol. The van der Waals surface area contributed by atoms with Crippen LogP contribution in [0.3, 0.4) is 0 Å². The molecule has 21 heavy (non-hydrogen) atoms. The first kappa shape index (κ1) is 14.2. The second kappa shape index (κ2) is 6.35. The fourth-order valence-electron chi connectivity index (χ4n) is 2.80. The molecule has 0 amide bonds. The molecule has 0 saturated carbocycles. The van der Waals surface area contributed by atoms with Gasteiger partial charge in [0.1, 0.15) is 5.82 Å². The molecule has 1 saturated heterocycles. The molecule has 1 aliphatic heterocycles. The molecule has 0 spiro atoms. The second-order valence-corrected chi connectivity index (χ2v) is 5.69. The van der Waals surface area contributed by atoms with E-state index in [1.807, 2.05) is 6.07 Å². The summed E-state index contributed by atoms with van der Waals surface area (Å²) in [6, 6.07) is 7.25. The van der Waals surface area contributed by atoms with Crippen molar-refractivity contribution in [3.05, 3.63) is 47.4 Å². The van der Waals surface area contributed by atoms with Crippen LogP contribution in [0.2, 0.25) is 0 Å². The minimum absolute atomic E-state index is 0.228. The SMILES string of the molecule is C[C@H]1CCCCN1Cc1nc(Cc2ccccc2F)no1. The topological polar surface area (TPSA) is 42.2 Å². The number of aromatic nitrogens is 2. The maximum atomic E-state index is 13.6. The van der Waals surface area contributed by atoms with Crippen LogP contribution in [0.1, 0.15) is 43.5 Å². The van der Waals surface area contributed by atoms with Crippen molar-refractivity contribution >= 4 is 0 Å². The summed E-state index contributed by atoms with van der Waals surface area (Å²) in [5.74, 6) is 0.934. The highest BCUT2D eigenvalue weighted by Crippen LogP contribution is 2.19. The minimum atomic E-state index is -0.228. The Labute approximate surface area is 124 Å². The lowest BCUT2D eigenvalue weighted by molar-refractivity contribution is 0.135. The van der Waals surface area contributed by atoms with Gasteiger partial charge in [-0.05, 0) is 37.9 Å². The van der Waals surface area contributed by atoms with Crippen LogP contribution in [0.5, 0.6) is 0 Å². The Balaban J connectivity index is 1.65. The van der Waals surface area contributed by atoms with Gasteiger partial charge in [0, 0.05) is 12.5 Å². The first-order chi connectivity index (χ1) is 10.2. The fraction of sp³-hybridized carbons (Fsp3) is 0.500. The number of nitrogens with zero attached hydrogens (tertiary/aromatic N) is 3. The molecule has 2 heterocycles. The van der Waals surface area contributed by atoms with Gasteiger partial charge in [-0.3, -0.25) is 4.90 Å². The third-order valence-corrected chi connectivity index (χ3v) is 4.10. The van der Waals surface area contributed by atoms with Crippen LogP contribution in [0.4, 0.5) is 4.39 Å². The van der Waals surface area contributed by atoms with Crippen molar-refractivity contribution in [1.82, 2.24) is 15.0 Å². The quantitative estimate of drug-likeness (QED) is 0.867. The Morgan fingerprint density at radius 2 is 2.19 bits per heavy atom. The Morgan fingerprint density at radius 3 is 3.00 bits per heavy atom. The molecule has 1 aromatic heterocycles. The highest BCUT2D eigenvalue weighted by atomic mass is 19.1. The maximum Gasteiger partial charge on any atom is 0.240 e. The molecule has 1 atom stereocenters. The predicted molar refractivity (Wildman–Crippen MR) is 77.2 cm³/mol. The summed E-state index contributed by atoms with van der Waals surface area (Å²) in [4.78, 5) is 6.75. The van der Waals surface area contributed by atoms with E-state index >= 15 is 0 Å². The van der Waals surface area contributed by atoms with Crippen LogP contribution in [0.25, 0.3) is 0 Å². The van der Waals surface area contributed by atoms with E-state index in [-0.39, 0.29) is 5.82 Å². The molecule has 0 N–H and O–H groups in total. The Morgan fingerprint density at radius 1 is 1.33 bits per heavy atom. The van der Waals surface area contributed by atoms with Crippen LogP contribution in [0, 0.1) is 5.82 Å². The number of hydrogen-bond acceptors (Lipinski definition) is 4. The van der Waals surface area contributed by atoms with Gasteiger partial charge < -0.3 is 4.52 Å². The van der Waals surface area contributed by atoms with E-state index in [1.54, 1.807) is 12.1 Å². The van der Waals surface area contributed by atoms with Gasteiger partial charge in [0.05, 0.1) is 6.54 Å². The Bertz CT molecular complexity index is 599. The summed E-state index contributed by atoms with van der Waals surface area (Å²) in [5, 5.41) is 3.96. The summed E-state index contributed by atoms with van der Waals surface area (Å²) in [6.07, 6.45) is 4.10. The molecule has 0 unspecified atom stereocenters. The standard InChI is InChI=1S/C16H20FN3O/c1-12-6-4-5-9-20(12)11-16-18-15(19-21-16)10-13-7-2-3-8-14(13)17/h2-3,7-8,12H,4-6,9-11H2,1H3/t12-/m0/s1. The van der Waals surface area contributed by atoms with Gasteiger partial charge in [0.2, 0.25) is 5.89 Å². The van der Waals surface area contributed by atoms with Crippen LogP contribution < -0.4 is 0 Å². The van der Waals surface area contributed by atoms with Crippen molar-refractivity contribution in [1.29, 1.82) is 0 Å². The van der Waals surface area contributed by atoms with Crippen molar-refractivity contribution < 1.29 is 8.91 Å². The number of piperidine rings is 1. The Kier molecular flexibility index (Phi) is 4.29. The lowest BCUT2D eigenvalue weighted by Gasteiger charge is -2.31. The van der Waals surface area contributed by atoms with E-state index in [2.05, 4.69) is 22.0 Å². The van der Waals surface area contributed by atoms with Crippen molar-refractivity contribution in [2.75, 3.05) is 6.54 Å². The first-order valence-corrected chi connectivity index (χ1v) is 7.51. The summed E-state index contributed by atoms with van der Waals surface area (Å²) < 4.78 is 18.9. The molecule has 1 aromatic carbocycles. The van der Waals surface area contributed by atoms with Crippen molar-refractivity contribution in [3.8, 4) is 0 Å². The van der Waals surface area contributed by atoms with Crippen molar-refractivity contribution in [2.24, 2.45) is 0 Å². The first-order valence-electron chi connectivity index (χ1n) is 7.51. The molecule has 1 aliphatic rings. The van der Waals surface area contributed by atoms with E-state index in [1.165, 1.54) is 25.3 Å². The zero-order valence-corrected chi connectivity index (χ0v) is 12.3. The van der Waals surface area contributed by atoms with E-state index in [0.717, 1.165) is 6.54 Å². The number of likely N-dealkylation sites (tertiary alicyclic amines) is 1. The monoisotopic (exact) mass is 289 g/mol. The van der Waals surface area contributed by atoms with Crippen LogP contribution in [-0.4, -0.2) is 27.6 Å². The predicted octanol–water partition coefficient (Wildman–Crippen LogP) is 3.17. The summed E-state index contributed by atoms with van der Waals surface area (Å²) in [7, 11) is 0. The van der Waals surface area contributed by atoms with Crippen LogP contribution in [0.15, 0.2) is 28.8 Å². The lowest BCUT2D eigenvalue weighted by Crippen LogP contribution is -2.36. The van der Waals surface area contributed by atoms with Gasteiger partial charge >= 0.3 is 0 Å². The van der Waals surface area contributed by atoms with Gasteiger partial charge in [-0.25, -0.2) is 4.39 Å². The highest BCUT2D eigenvalue weighted by Gasteiger charge is 2.20. The largest absolute Gasteiger partial charge is 0.338 e. The summed E-state index contributed by atoms with van der Waals surface area (Å²) in [5.41, 5.74) is 0.594. The molecule has 0 bridgehead atoms. The number of benzene rings is 1. The van der Waals surface area contributed by atoms with Gasteiger partial charge in [-0.1, -0.05) is 29.8 Å². The summed E-state index contributed by atoms with van der Waals surface area (Å²) >= 11 is 0. The number of rotatable bonds is 4. The normalized spacial score (nSPS) is 19.8. The van der Waals surface area contributed by atoms with Crippen molar-refractivity contribution in [2.45, 2.75) is 45.2 Å². The number of halogens is 1. The second-order valence-electron chi connectivity index (χ2n) is 5.69. The van der Waals surface area contributed by atoms with Crippen molar-refractivity contribution in [3.63, 3.8) is 0 Å².